The van der Waals surface area contributed by atoms with Crippen molar-refractivity contribution in [3.8, 4) is 0 Å². The van der Waals surface area contributed by atoms with E-state index in [2.05, 4.69) is 6.58 Å². The molecule has 0 saturated carbocycles. The minimum absolute atomic E-state index is 0.0285. The number of hydrogen-bond donors (Lipinski definition) is 1. The molecule has 1 rings (SSSR count). The SMILES string of the molecule is C=CCN(CC(=O)O)C(C)Cc1ccc(Cl)cc1. The maximum Gasteiger partial charge on any atom is 0.317 e. The summed E-state index contributed by atoms with van der Waals surface area (Å²) in [5, 5.41) is 9.58. The maximum atomic E-state index is 10.8. The third-order valence-electron chi connectivity index (χ3n) is 2.77. The molecule has 0 fully saturated rings. The Bertz CT molecular complexity index is 403. The predicted molar refractivity (Wildman–Crippen MR) is 74.0 cm³/mol. The van der Waals surface area contributed by atoms with Crippen molar-refractivity contribution in [3.63, 3.8) is 0 Å². The Morgan fingerprint density at radius 1 is 1.50 bits per heavy atom. The van der Waals surface area contributed by atoms with Crippen LogP contribution in [-0.4, -0.2) is 35.1 Å². The highest BCUT2D eigenvalue weighted by Gasteiger charge is 2.15. The van der Waals surface area contributed by atoms with E-state index < -0.39 is 5.97 Å². The molecule has 3 nitrogen and oxygen atoms in total. The largest absolute Gasteiger partial charge is 0.480 e. The molecule has 1 atom stereocenters. The van der Waals surface area contributed by atoms with Crippen LogP contribution in [0.1, 0.15) is 12.5 Å². The summed E-state index contributed by atoms with van der Waals surface area (Å²) in [7, 11) is 0. The molecule has 18 heavy (non-hydrogen) atoms. The molecule has 0 bridgehead atoms. The van der Waals surface area contributed by atoms with Crippen LogP contribution in [0.15, 0.2) is 36.9 Å². The molecule has 0 saturated heterocycles. The highest BCUT2D eigenvalue weighted by molar-refractivity contribution is 6.30. The predicted octanol–water partition coefficient (Wildman–Crippen LogP) is 2.84. The molecule has 1 aromatic rings. The van der Waals surface area contributed by atoms with Gasteiger partial charge in [0.15, 0.2) is 0 Å². The second-order valence-electron chi connectivity index (χ2n) is 4.29. The number of carbonyl (C=O) groups is 1. The van der Waals surface area contributed by atoms with E-state index in [0.29, 0.717) is 11.6 Å². The second-order valence-corrected chi connectivity index (χ2v) is 4.73. The summed E-state index contributed by atoms with van der Waals surface area (Å²) in [6, 6.07) is 7.76. The normalized spacial score (nSPS) is 12.4. The minimum Gasteiger partial charge on any atom is -0.480 e. The number of halogens is 1. The van der Waals surface area contributed by atoms with Crippen molar-refractivity contribution in [1.82, 2.24) is 4.90 Å². The molecule has 4 heteroatoms. The van der Waals surface area contributed by atoms with Crippen LogP contribution in [0.25, 0.3) is 0 Å². The second kappa shape index (κ2) is 7.19. The van der Waals surface area contributed by atoms with Gasteiger partial charge >= 0.3 is 5.97 Å². The summed E-state index contributed by atoms with van der Waals surface area (Å²) < 4.78 is 0. The van der Waals surface area contributed by atoms with Gasteiger partial charge in [0.05, 0.1) is 6.54 Å². The highest BCUT2D eigenvalue weighted by Crippen LogP contribution is 2.13. The average molecular weight is 268 g/mol. The van der Waals surface area contributed by atoms with Crippen LogP contribution in [0.4, 0.5) is 0 Å². The fourth-order valence-corrected chi connectivity index (χ4v) is 1.96. The Morgan fingerprint density at radius 2 is 2.11 bits per heavy atom. The third-order valence-corrected chi connectivity index (χ3v) is 3.02. The van der Waals surface area contributed by atoms with E-state index in [1.165, 1.54) is 0 Å². The zero-order chi connectivity index (χ0) is 13.5. The van der Waals surface area contributed by atoms with E-state index in [9.17, 15) is 4.79 Å². The first-order valence-electron chi connectivity index (χ1n) is 5.84. The van der Waals surface area contributed by atoms with Crippen LogP contribution in [-0.2, 0) is 11.2 Å². The van der Waals surface area contributed by atoms with Crippen molar-refractivity contribution in [1.29, 1.82) is 0 Å². The fraction of sp³-hybridized carbons (Fsp3) is 0.357. The van der Waals surface area contributed by atoms with E-state index in [1.54, 1.807) is 6.08 Å². The topological polar surface area (TPSA) is 40.5 Å². The molecule has 0 aliphatic carbocycles. The number of hydrogen-bond acceptors (Lipinski definition) is 2. The Morgan fingerprint density at radius 3 is 2.61 bits per heavy atom. The van der Waals surface area contributed by atoms with Gasteiger partial charge in [-0.1, -0.05) is 29.8 Å². The Balaban J connectivity index is 2.65. The van der Waals surface area contributed by atoms with E-state index in [0.717, 1.165) is 12.0 Å². The third kappa shape index (κ3) is 4.90. The number of benzene rings is 1. The highest BCUT2D eigenvalue weighted by atomic mass is 35.5. The smallest absolute Gasteiger partial charge is 0.317 e. The summed E-state index contributed by atoms with van der Waals surface area (Å²) in [6.07, 6.45) is 2.51. The van der Waals surface area contributed by atoms with Gasteiger partial charge in [-0.2, -0.15) is 0 Å². The molecular weight excluding hydrogens is 250 g/mol. The lowest BCUT2D eigenvalue weighted by molar-refractivity contribution is -0.138. The Hall–Kier alpha value is -1.32. The molecule has 1 N–H and O–H groups in total. The molecule has 0 aliphatic rings. The van der Waals surface area contributed by atoms with Gasteiger partial charge in [0.25, 0.3) is 0 Å². The average Bonchev–Trinajstić information content (AvgIpc) is 2.31. The zero-order valence-electron chi connectivity index (χ0n) is 10.5. The van der Waals surface area contributed by atoms with Crippen LogP contribution in [0, 0.1) is 0 Å². The van der Waals surface area contributed by atoms with Crippen molar-refractivity contribution in [2.75, 3.05) is 13.1 Å². The molecule has 0 aromatic heterocycles. The summed E-state index contributed by atoms with van der Waals surface area (Å²) in [5.74, 6) is -0.820. The van der Waals surface area contributed by atoms with Crippen molar-refractivity contribution < 1.29 is 9.90 Å². The standard InChI is InChI=1S/C14H18ClNO2/c1-3-8-16(10-14(17)18)11(2)9-12-4-6-13(15)7-5-12/h3-7,11H,1,8-10H2,2H3,(H,17,18). The monoisotopic (exact) mass is 267 g/mol. The molecule has 0 amide bonds. The van der Waals surface area contributed by atoms with Crippen LogP contribution in [0.2, 0.25) is 5.02 Å². The number of aliphatic carboxylic acids is 1. The quantitative estimate of drug-likeness (QED) is 0.773. The van der Waals surface area contributed by atoms with E-state index in [4.69, 9.17) is 16.7 Å². The van der Waals surface area contributed by atoms with Crippen molar-refractivity contribution in [2.45, 2.75) is 19.4 Å². The summed E-state index contributed by atoms with van der Waals surface area (Å²) in [5.41, 5.74) is 1.14. The van der Waals surface area contributed by atoms with Gasteiger partial charge in [-0.05, 0) is 31.0 Å². The van der Waals surface area contributed by atoms with Gasteiger partial charge in [0, 0.05) is 17.6 Å². The lowest BCUT2D eigenvalue weighted by Gasteiger charge is -2.26. The number of rotatable bonds is 7. The van der Waals surface area contributed by atoms with Crippen LogP contribution in [0.3, 0.4) is 0 Å². The van der Waals surface area contributed by atoms with Gasteiger partial charge in [-0.25, -0.2) is 0 Å². The first-order chi connectivity index (χ1) is 8.52. The first kappa shape index (κ1) is 14.7. The van der Waals surface area contributed by atoms with Gasteiger partial charge < -0.3 is 5.11 Å². The van der Waals surface area contributed by atoms with E-state index in [1.807, 2.05) is 36.1 Å². The van der Waals surface area contributed by atoms with Gasteiger partial charge in [0.2, 0.25) is 0 Å². The summed E-state index contributed by atoms with van der Waals surface area (Å²) in [4.78, 5) is 12.7. The van der Waals surface area contributed by atoms with E-state index in [-0.39, 0.29) is 12.6 Å². The summed E-state index contributed by atoms with van der Waals surface area (Å²) >= 11 is 5.83. The van der Waals surface area contributed by atoms with Crippen molar-refractivity contribution in [2.24, 2.45) is 0 Å². The Labute approximate surface area is 113 Å². The fourth-order valence-electron chi connectivity index (χ4n) is 1.83. The van der Waals surface area contributed by atoms with Crippen molar-refractivity contribution >= 4 is 17.6 Å². The molecule has 1 unspecified atom stereocenters. The molecule has 0 spiro atoms. The molecule has 98 valence electrons. The van der Waals surface area contributed by atoms with Gasteiger partial charge in [-0.3, -0.25) is 9.69 Å². The molecule has 0 radical (unpaired) electrons. The van der Waals surface area contributed by atoms with Crippen LogP contribution < -0.4 is 0 Å². The number of carboxylic acids is 1. The van der Waals surface area contributed by atoms with E-state index >= 15 is 0 Å². The van der Waals surface area contributed by atoms with Gasteiger partial charge in [0.1, 0.15) is 0 Å². The Kier molecular flexibility index (Phi) is 5.89. The lowest BCUT2D eigenvalue weighted by Crippen LogP contribution is -2.38. The number of carboxylic acid groups (broad SMARTS) is 1. The molecule has 1 aromatic carbocycles. The molecule has 0 heterocycles. The van der Waals surface area contributed by atoms with Crippen LogP contribution in [0.5, 0.6) is 0 Å². The summed E-state index contributed by atoms with van der Waals surface area (Å²) in [6.45, 7) is 6.27. The van der Waals surface area contributed by atoms with Crippen molar-refractivity contribution in [3.05, 3.63) is 47.5 Å². The lowest BCUT2D eigenvalue weighted by atomic mass is 10.1. The maximum absolute atomic E-state index is 10.8. The zero-order valence-corrected chi connectivity index (χ0v) is 11.2. The molecular formula is C14H18ClNO2. The molecule has 0 aliphatic heterocycles. The number of nitrogens with zero attached hydrogens (tertiary/aromatic N) is 1. The van der Waals surface area contributed by atoms with Crippen LogP contribution >= 0.6 is 11.6 Å². The minimum atomic E-state index is -0.820. The van der Waals surface area contributed by atoms with Gasteiger partial charge in [-0.15, -0.1) is 6.58 Å². The first-order valence-corrected chi connectivity index (χ1v) is 6.22.